The van der Waals surface area contributed by atoms with Crippen molar-refractivity contribution >= 4 is 0 Å². The van der Waals surface area contributed by atoms with Crippen LogP contribution in [0, 0.1) is 0 Å². The van der Waals surface area contributed by atoms with E-state index < -0.39 is 0 Å². The average Bonchev–Trinajstić information content (AvgIpc) is 2.15. The molecule has 0 aromatic carbocycles. The fraction of sp³-hybridized carbons (Fsp3) is 1.00. The summed E-state index contributed by atoms with van der Waals surface area (Å²) in [5.74, 6) is 0. The first-order chi connectivity index (χ1) is 4.25. The van der Waals surface area contributed by atoms with Gasteiger partial charge in [0.25, 0.3) is 0 Å². The number of rotatable bonds is 1. The highest BCUT2D eigenvalue weighted by Gasteiger charge is 2.29. The second kappa shape index (κ2) is 2.64. The number of methoxy groups -OCH3 is 1. The molecule has 1 heterocycles. The molecule has 0 spiro atoms. The number of nitrogens with one attached hydrogen (secondary N) is 1. The van der Waals surface area contributed by atoms with Crippen LogP contribution in [-0.2, 0) is 4.74 Å². The van der Waals surface area contributed by atoms with Crippen LogP contribution in [-0.4, -0.2) is 31.8 Å². The summed E-state index contributed by atoms with van der Waals surface area (Å²) in [6.07, 6.45) is 0.208. The van der Waals surface area contributed by atoms with E-state index in [0.29, 0.717) is 6.04 Å². The molecule has 0 amide bonds. The second-order valence-electron chi connectivity index (χ2n) is 2.55. The highest BCUT2D eigenvalue weighted by atomic mass is 16.5. The molecule has 3 nitrogen and oxygen atoms in total. The van der Waals surface area contributed by atoms with Gasteiger partial charge in [-0.25, -0.2) is 0 Å². The maximum atomic E-state index is 5.75. The van der Waals surface area contributed by atoms with E-state index in [1.54, 1.807) is 7.11 Å². The highest BCUT2D eigenvalue weighted by Crippen LogP contribution is 2.06. The number of hydrogen-bond acceptors (Lipinski definition) is 3. The van der Waals surface area contributed by atoms with Crippen LogP contribution in [0.2, 0.25) is 0 Å². The van der Waals surface area contributed by atoms with Gasteiger partial charge in [-0.1, -0.05) is 0 Å². The van der Waals surface area contributed by atoms with Crippen molar-refractivity contribution in [1.82, 2.24) is 5.32 Å². The lowest BCUT2D eigenvalue weighted by atomic mass is 10.1. The maximum absolute atomic E-state index is 5.75. The molecule has 0 unspecified atom stereocenters. The van der Waals surface area contributed by atoms with Crippen molar-refractivity contribution in [3.63, 3.8) is 0 Å². The Labute approximate surface area is 55.6 Å². The van der Waals surface area contributed by atoms with Crippen molar-refractivity contribution in [2.75, 3.05) is 13.7 Å². The summed E-state index contributed by atoms with van der Waals surface area (Å²) in [4.78, 5) is 0. The molecule has 54 valence electrons. The van der Waals surface area contributed by atoms with Gasteiger partial charge < -0.3 is 15.8 Å². The van der Waals surface area contributed by atoms with E-state index in [2.05, 4.69) is 12.2 Å². The van der Waals surface area contributed by atoms with E-state index >= 15 is 0 Å². The van der Waals surface area contributed by atoms with Gasteiger partial charge in [0, 0.05) is 25.7 Å². The normalized spacial score (nSPS) is 43.7. The van der Waals surface area contributed by atoms with Crippen molar-refractivity contribution in [3.05, 3.63) is 0 Å². The molecular weight excluding hydrogens is 116 g/mol. The molecule has 1 saturated heterocycles. The fourth-order valence-electron chi connectivity index (χ4n) is 1.14. The molecule has 9 heavy (non-hydrogen) atoms. The minimum atomic E-state index is 0.162. The Balaban J connectivity index is 2.41. The Kier molecular flexibility index (Phi) is 2.05. The Morgan fingerprint density at radius 1 is 1.67 bits per heavy atom. The number of ether oxygens (including phenoxy) is 1. The van der Waals surface area contributed by atoms with Gasteiger partial charge in [-0.15, -0.1) is 0 Å². The van der Waals surface area contributed by atoms with E-state index in [9.17, 15) is 0 Å². The Hall–Kier alpha value is -0.120. The zero-order valence-corrected chi connectivity index (χ0v) is 5.92. The van der Waals surface area contributed by atoms with Crippen LogP contribution in [0.3, 0.4) is 0 Å². The van der Waals surface area contributed by atoms with E-state index in [1.165, 1.54) is 0 Å². The first-order valence-electron chi connectivity index (χ1n) is 3.27. The Morgan fingerprint density at radius 3 is 2.56 bits per heavy atom. The third kappa shape index (κ3) is 1.23. The van der Waals surface area contributed by atoms with E-state index in [-0.39, 0.29) is 12.1 Å². The SMILES string of the molecule is CO[C@@H]1CN[C@H](C)[C@H]1N. The largest absolute Gasteiger partial charge is 0.378 e. The zero-order valence-electron chi connectivity index (χ0n) is 5.92. The van der Waals surface area contributed by atoms with Crippen molar-refractivity contribution in [2.45, 2.75) is 25.1 Å². The monoisotopic (exact) mass is 130 g/mol. The predicted molar refractivity (Wildman–Crippen MR) is 36.2 cm³/mol. The van der Waals surface area contributed by atoms with Crippen molar-refractivity contribution in [2.24, 2.45) is 5.73 Å². The van der Waals surface area contributed by atoms with Crippen LogP contribution in [0.15, 0.2) is 0 Å². The Bertz CT molecular complexity index is 97.1. The van der Waals surface area contributed by atoms with Crippen LogP contribution >= 0.6 is 0 Å². The predicted octanol–water partition coefficient (Wildman–Crippen LogP) is -0.680. The molecule has 1 aliphatic rings. The summed E-state index contributed by atoms with van der Waals surface area (Å²) in [6, 6.07) is 0.560. The van der Waals surface area contributed by atoms with Gasteiger partial charge in [0.05, 0.1) is 6.10 Å². The molecule has 0 aromatic heterocycles. The number of hydrogen-bond donors (Lipinski definition) is 2. The van der Waals surface area contributed by atoms with Crippen molar-refractivity contribution < 1.29 is 4.74 Å². The van der Waals surface area contributed by atoms with Gasteiger partial charge in [-0.2, -0.15) is 0 Å². The summed E-state index contributed by atoms with van der Waals surface area (Å²) in [5, 5.41) is 3.22. The zero-order chi connectivity index (χ0) is 6.85. The molecule has 0 aromatic rings. The van der Waals surface area contributed by atoms with Crippen LogP contribution in [0.25, 0.3) is 0 Å². The van der Waals surface area contributed by atoms with Gasteiger partial charge in [0.2, 0.25) is 0 Å². The highest BCUT2D eigenvalue weighted by molar-refractivity contribution is 4.91. The first kappa shape index (κ1) is 6.99. The van der Waals surface area contributed by atoms with Gasteiger partial charge in [-0.05, 0) is 6.92 Å². The van der Waals surface area contributed by atoms with Crippen LogP contribution in [0.5, 0.6) is 0 Å². The maximum Gasteiger partial charge on any atom is 0.0861 e. The minimum absolute atomic E-state index is 0.162. The molecule has 0 saturated carbocycles. The topological polar surface area (TPSA) is 47.3 Å². The van der Waals surface area contributed by atoms with Crippen molar-refractivity contribution in [3.8, 4) is 0 Å². The smallest absolute Gasteiger partial charge is 0.0861 e. The van der Waals surface area contributed by atoms with Gasteiger partial charge >= 0.3 is 0 Å². The minimum Gasteiger partial charge on any atom is -0.378 e. The molecule has 3 heteroatoms. The lowest BCUT2D eigenvalue weighted by Crippen LogP contribution is -2.39. The van der Waals surface area contributed by atoms with Crippen LogP contribution in [0.1, 0.15) is 6.92 Å². The van der Waals surface area contributed by atoms with E-state index in [0.717, 1.165) is 6.54 Å². The Morgan fingerprint density at radius 2 is 2.33 bits per heavy atom. The molecule has 1 fully saturated rings. The fourth-order valence-corrected chi connectivity index (χ4v) is 1.14. The summed E-state index contributed by atoms with van der Waals surface area (Å²) < 4.78 is 5.11. The van der Waals surface area contributed by atoms with Gasteiger partial charge in [-0.3, -0.25) is 0 Å². The standard InChI is InChI=1S/C6H14N2O/c1-4-6(7)5(9-2)3-8-4/h4-6,8H,3,7H2,1-2H3/t4-,5-,6-/m1/s1. The molecule has 3 N–H and O–H groups in total. The number of nitrogens with two attached hydrogens (primary N) is 1. The summed E-state index contributed by atoms with van der Waals surface area (Å²) in [6.45, 7) is 2.96. The average molecular weight is 130 g/mol. The summed E-state index contributed by atoms with van der Waals surface area (Å²) in [7, 11) is 1.70. The van der Waals surface area contributed by atoms with Gasteiger partial charge in [0.1, 0.15) is 0 Å². The molecular formula is C6H14N2O. The lowest BCUT2D eigenvalue weighted by molar-refractivity contribution is 0.104. The molecule has 3 atom stereocenters. The van der Waals surface area contributed by atoms with Crippen molar-refractivity contribution in [1.29, 1.82) is 0 Å². The second-order valence-corrected chi connectivity index (χ2v) is 2.55. The molecule has 0 radical (unpaired) electrons. The van der Waals surface area contributed by atoms with E-state index in [4.69, 9.17) is 10.5 Å². The molecule has 0 aliphatic carbocycles. The van der Waals surface area contributed by atoms with E-state index in [1.807, 2.05) is 0 Å². The van der Waals surface area contributed by atoms with Crippen LogP contribution < -0.4 is 11.1 Å². The third-order valence-electron chi connectivity index (χ3n) is 1.95. The first-order valence-corrected chi connectivity index (χ1v) is 3.27. The molecule has 1 rings (SSSR count). The summed E-state index contributed by atoms with van der Waals surface area (Å²) in [5.41, 5.74) is 5.75. The molecule has 1 aliphatic heterocycles. The molecule has 0 bridgehead atoms. The van der Waals surface area contributed by atoms with Crippen LogP contribution in [0.4, 0.5) is 0 Å². The summed E-state index contributed by atoms with van der Waals surface area (Å²) >= 11 is 0. The van der Waals surface area contributed by atoms with Gasteiger partial charge in [0.15, 0.2) is 0 Å². The third-order valence-corrected chi connectivity index (χ3v) is 1.95. The quantitative estimate of drug-likeness (QED) is 0.494. The lowest BCUT2D eigenvalue weighted by Gasteiger charge is -2.14.